The Morgan fingerprint density at radius 3 is 2.53 bits per heavy atom. The lowest BCUT2D eigenvalue weighted by Crippen LogP contribution is -2.40. The lowest BCUT2D eigenvalue weighted by molar-refractivity contribution is 0.121. The summed E-state index contributed by atoms with van der Waals surface area (Å²) in [5.74, 6) is 0.435. The van der Waals surface area contributed by atoms with Gasteiger partial charge in [-0.3, -0.25) is 0 Å². The van der Waals surface area contributed by atoms with Crippen molar-refractivity contribution in [2.75, 3.05) is 26.8 Å². The van der Waals surface area contributed by atoms with Gasteiger partial charge in [-0.2, -0.15) is 4.31 Å². The summed E-state index contributed by atoms with van der Waals surface area (Å²) in [7, 11) is -0.295. The van der Waals surface area contributed by atoms with Crippen LogP contribution >= 0.6 is 15.9 Å². The van der Waals surface area contributed by atoms with Crippen LogP contribution in [0.5, 0.6) is 0 Å². The molecule has 0 radical (unpaired) electrons. The van der Waals surface area contributed by atoms with Gasteiger partial charge in [0.05, 0.1) is 0 Å². The molecule has 2 rings (SSSR count). The third-order valence-electron chi connectivity index (χ3n) is 3.30. The van der Waals surface area contributed by atoms with E-state index in [-0.39, 0.29) is 9.63 Å². The largest absolute Gasteiger partial charge is 0.384 e. The molecule has 0 N–H and O–H groups in total. The molecule has 0 bridgehead atoms. The number of aryl methyl sites for hydroxylation is 1. The van der Waals surface area contributed by atoms with E-state index < -0.39 is 10.0 Å². The summed E-state index contributed by atoms with van der Waals surface area (Å²) in [6, 6.07) is 0. The molecule has 0 saturated carbocycles. The van der Waals surface area contributed by atoms with Crippen LogP contribution in [0.15, 0.2) is 9.63 Å². The minimum absolute atomic E-state index is 0.109. The van der Waals surface area contributed by atoms with Crippen molar-refractivity contribution < 1.29 is 13.2 Å². The van der Waals surface area contributed by atoms with E-state index in [4.69, 9.17) is 4.74 Å². The highest BCUT2D eigenvalue weighted by molar-refractivity contribution is 9.10. The number of aromatic nitrogens is 3. The number of rotatable bonds is 4. The molecule has 2 heterocycles. The first-order valence-corrected chi connectivity index (χ1v) is 8.24. The van der Waals surface area contributed by atoms with Gasteiger partial charge < -0.3 is 4.74 Å². The Balaban J connectivity index is 2.15. The van der Waals surface area contributed by atoms with Crippen LogP contribution in [0.1, 0.15) is 12.8 Å². The van der Waals surface area contributed by atoms with Crippen LogP contribution in [0.4, 0.5) is 0 Å². The number of hydrogen-bond acceptors (Lipinski definition) is 5. The molecule has 0 amide bonds. The number of ether oxygens (including phenoxy) is 1. The number of halogens is 1. The molecule has 1 fully saturated rings. The van der Waals surface area contributed by atoms with E-state index in [1.165, 1.54) is 8.99 Å². The van der Waals surface area contributed by atoms with Gasteiger partial charge in [0.25, 0.3) is 10.0 Å². The summed E-state index contributed by atoms with van der Waals surface area (Å²) in [4.78, 5) is 0. The van der Waals surface area contributed by atoms with Crippen LogP contribution in [-0.2, 0) is 21.8 Å². The van der Waals surface area contributed by atoms with Gasteiger partial charge in [0.1, 0.15) is 0 Å². The van der Waals surface area contributed by atoms with Gasteiger partial charge in [0.2, 0.25) is 5.03 Å². The fourth-order valence-corrected chi connectivity index (χ4v) is 4.77. The highest BCUT2D eigenvalue weighted by Crippen LogP contribution is 2.26. The Bertz CT molecular complexity index is 517. The molecular formula is C10H17BrN4O3S. The molecular weight excluding hydrogens is 336 g/mol. The van der Waals surface area contributed by atoms with Gasteiger partial charge >= 0.3 is 0 Å². The Kier molecular flexibility index (Phi) is 4.59. The zero-order valence-electron chi connectivity index (χ0n) is 10.9. The van der Waals surface area contributed by atoms with Gasteiger partial charge in [0.15, 0.2) is 4.60 Å². The Morgan fingerprint density at radius 2 is 2.05 bits per heavy atom. The third kappa shape index (κ3) is 2.99. The molecule has 1 aliphatic heterocycles. The standard InChI is InChI=1S/C10H17BrN4O3S/c1-14-10(9(11)12-13-14)19(16,17)15-5-3-8(4-6-15)7-18-2/h8H,3-7H2,1-2H3. The van der Waals surface area contributed by atoms with E-state index in [1.807, 2.05) is 0 Å². The van der Waals surface area contributed by atoms with E-state index in [1.54, 1.807) is 14.2 Å². The zero-order valence-corrected chi connectivity index (χ0v) is 13.3. The van der Waals surface area contributed by atoms with Gasteiger partial charge in [0, 0.05) is 33.9 Å². The van der Waals surface area contributed by atoms with Crippen LogP contribution in [0.25, 0.3) is 0 Å². The second-order valence-corrected chi connectivity index (χ2v) is 7.22. The van der Waals surface area contributed by atoms with Crippen molar-refractivity contribution in [1.29, 1.82) is 0 Å². The molecule has 0 unspecified atom stereocenters. The van der Waals surface area contributed by atoms with Crippen LogP contribution in [0.3, 0.4) is 0 Å². The van der Waals surface area contributed by atoms with Crippen molar-refractivity contribution >= 4 is 26.0 Å². The maximum Gasteiger partial charge on any atom is 0.263 e. The molecule has 108 valence electrons. The maximum atomic E-state index is 12.5. The van der Waals surface area contributed by atoms with Crippen LogP contribution < -0.4 is 0 Å². The predicted octanol–water partition coefficient (Wildman–Crippen LogP) is 0.625. The number of methoxy groups -OCH3 is 1. The summed E-state index contributed by atoms with van der Waals surface area (Å²) in [6.45, 7) is 1.70. The van der Waals surface area contributed by atoms with Crippen molar-refractivity contribution in [3.63, 3.8) is 0 Å². The highest BCUT2D eigenvalue weighted by atomic mass is 79.9. The van der Waals surface area contributed by atoms with Crippen molar-refractivity contribution in [3.8, 4) is 0 Å². The Labute approximate surface area is 121 Å². The number of nitrogens with zero attached hydrogens (tertiary/aromatic N) is 4. The van der Waals surface area contributed by atoms with E-state index in [0.717, 1.165) is 12.8 Å². The molecule has 9 heteroatoms. The summed E-state index contributed by atoms with van der Waals surface area (Å²) >= 11 is 3.14. The number of piperidine rings is 1. The molecule has 0 aromatic carbocycles. The summed E-state index contributed by atoms with van der Waals surface area (Å²) in [5.41, 5.74) is 0. The normalized spacial score (nSPS) is 18.9. The van der Waals surface area contributed by atoms with Crippen molar-refractivity contribution in [1.82, 2.24) is 19.3 Å². The molecule has 1 saturated heterocycles. The maximum absolute atomic E-state index is 12.5. The minimum Gasteiger partial charge on any atom is -0.384 e. The first-order valence-electron chi connectivity index (χ1n) is 6.01. The summed E-state index contributed by atoms with van der Waals surface area (Å²) in [6.07, 6.45) is 1.63. The lowest BCUT2D eigenvalue weighted by atomic mass is 9.99. The van der Waals surface area contributed by atoms with E-state index in [0.29, 0.717) is 25.6 Å². The van der Waals surface area contributed by atoms with Gasteiger partial charge in [-0.25, -0.2) is 13.1 Å². The number of hydrogen-bond donors (Lipinski definition) is 0. The zero-order chi connectivity index (χ0) is 14.0. The van der Waals surface area contributed by atoms with Crippen LogP contribution in [-0.4, -0.2) is 54.5 Å². The Hall–Kier alpha value is -0.510. The second-order valence-electron chi connectivity index (χ2n) is 4.61. The van der Waals surface area contributed by atoms with Crippen LogP contribution in [0.2, 0.25) is 0 Å². The molecule has 1 aromatic rings. The topological polar surface area (TPSA) is 77.3 Å². The summed E-state index contributed by atoms with van der Waals surface area (Å²) in [5, 5.41) is 7.55. The van der Waals surface area contributed by atoms with E-state index in [9.17, 15) is 8.42 Å². The van der Waals surface area contributed by atoms with Gasteiger partial charge in [-0.15, -0.1) is 5.10 Å². The molecule has 0 aliphatic carbocycles. The molecule has 7 nitrogen and oxygen atoms in total. The Morgan fingerprint density at radius 1 is 1.42 bits per heavy atom. The monoisotopic (exact) mass is 352 g/mol. The molecule has 0 spiro atoms. The third-order valence-corrected chi connectivity index (χ3v) is 6.09. The lowest BCUT2D eigenvalue weighted by Gasteiger charge is -2.30. The van der Waals surface area contributed by atoms with Gasteiger partial charge in [-0.05, 0) is 34.7 Å². The average Bonchev–Trinajstić information content (AvgIpc) is 2.70. The minimum atomic E-state index is -3.53. The fraction of sp³-hybridized carbons (Fsp3) is 0.800. The first kappa shape index (κ1) is 14.9. The quantitative estimate of drug-likeness (QED) is 0.793. The predicted molar refractivity (Wildman–Crippen MR) is 72.1 cm³/mol. The van der Waals surface area contributed by atoms with Crippen LogP contribution in [0, 0.1) is 5.92 Å². The first-order chi connectivity index (χ1) is 8.96. The fourth-order valence-electron chi connectivity index (χ4n) is 2.27. The second kappa shape index (κ2) is 5.86. The van der Waals surface area contributed by atoms with Crippen molar-refractivity contribution in [2.45, 2.75) is 17.9 Å². The molecule has 19 heavy (non-hydrogen) atoms. The van der Waals surface area contributed by atoms with Gasteiger partial charge in [-0.1, -0.05) is 5.21 Å². The average molecular weight is 353 g/mol. The molecule has 0 atom stereocenters. The SMILES string of the molecule is COCC1CCN(S(=O)(=O)c2c(Br)nnn2C)CC1. The highest BCUT2D eigenvalue weighted by Gasteiger charge is 2.33. The summed E-state index contributed by atoms with van der Waals surface area (Å²) < 4.78 is 33.2. The van der Waals surface area contributed by atoms with Crippen molar-refractivity contribution in [3.05, 3.63) is 4.60 Å². The van der Waals surface area contributed by atoms with Crippen molar-refractivity contribution in [2.24, 2.45) is 13.0 Å². The number of sulfonamides is 1. The van der Waals surface area contributed by atoms with E-state index in [2.05, 4.69) is 26.2 Å². The van der Waals surface area contributed by atoms with E-state index >= 15 is 0 Å². The smallest absolute Gasteiger partial charge is 0.263 e. The molecule has 1 aromatic heterocycles. The molecule has 1 aliphatic rings.